The van der Waals surface area contributed by atoms with Gasteiger partial charge in [-0.25, -0.2) is 4.98 Å². The molecule has 2 aromatic carbocycles. The molecule has 7 heteroatoms. The second-order valence-electron chi connectivity index (χ2n) is 10.2. The molecular formula is C27H34N6O. The van der Waals surface area contributed by atoms with Gasteiger partial charge in [0.2, 0.25) is 0 Å². The first-order valence-corrected chi connectivity index (χ1v) is 12.3. The van der Waals surface area contributed by atoms with Gasteiger partial charge in [-0.3, -0.25) is 10.2 Å². The van der Waals surface area contributed by atoms with Gasteiger partial charge in [0, 0.05) is 28.5 Å². The molecule has 2 aromatic heterocycles. The Balaban J connectivity index is 1.32. The maximum Gasteiger partial charge on any atom is 0.181 e. The van der Waals surface area contributed by atoms with Gasteiger partial charge in [0.05, 0.1) is 12.1 Å². The van der Waals surface area contributed by atoms with Gasteiger partial charge in [0.15, 0.2) is 5.82 Å². The van der Waals surface area contributed by atoms with Crippen molar-refractivity contribution in [3.8, 4) is 28.4 Å². The first-order valence-electron chi connectivity index (χ1n) is 12.3. The van der Waals surface area contributed by atoms with Gasteiger partial charge in [-0.15, -0.1) is 0 Å². The number of H-pyrrole nitrogens is 2. The van der Waals surface area contributed by atoms with Crippen LogP contribution in [0.25, 0.3) is 33.5 Å². The summed E-state index contributed by atoms with van der Waals surface area (Å²) in [4.78, 5) is 7.27. The smallest absolute Gasteiger partial charge is 0.181 e. The van der Waals surface area contributed by atoms with E-state index in [0.717, 1.165) is 58.9 Å². The van der Waals surface area contributed by atoms with E-state index in [-0.39, 0.29) is 5.41 Å². The maximum atomic E-state index is 6.09. The fraction of sp³-hybridized carbons (Fsp3) is 0.444. The van der Waals surface area contributed by atoms with Crippen molar-refractivity contribution in [2.24, 2.45) is 0 Å². The highest BCUT2D eigenvalue weighted by Crippen LogP contribution is 2.31. The molecule has 7 nitrogen and oxygen atoms in total. The van der Waals surface area contributed by atoms with Crippen molar-refractivity contribution in [3.63, 3.8) is 0 Å². The predicted molar refractivity (Wildman–Crippen MR) is 136 cm³/mol. The molecule has 1 aliphatic heterocycles. The van der Waals surface area contributed by atoms with E-state index < -0.39 is 0 Å². The number of nitrogens with one attached hydrogen (secondary N) is 2. The topological polar surface area (TPSA) is 82.7 Å². The Hall–Kier alpha value is -3.19. The number of aromatic nitrogens is 5. The Morgan fingerprint density at radius 1 is 0.941 bits per heavy atom. The van der Waals surface area contributed by atoms with Gasteiger partial charge in [0.1, 0.15) is 17.3 Å². The third kappa shape index (κ3) is 4.99. The Labute approximate surface area is 200 Å². The molecule has 0 saturated carbocycles. The number of nitrogens with zero attached hydrogens (tertiary/aromatic N) is 4. The first-order chi connectivity index (χ1) is 16.5. The van der Waals surface area contributed by atoms with Crippen LogP contribution in [0.15, 0.2) is 42.5 Å². The third-order valence-electron chi connectivity index (χ3n) is 6.46. The molecule has 0 amide bonds. The zero-order valence-electron chi connectivity index (χ0n) is 20.4. The summed E-state index contributed by atoms with van der Waals surface area (Å²) in [5.41, 5.74) is 3.80. The molecule has 3 heterocycles. The van der Waals surface area contributed by atoms with Crippen LogP contribution in [0, 0.1) is 0 Å². The van der Waals surface area contributed by atoms with Crippen molar-refractivity contribution in [2.45, 2.75) is 51.9 Å². The molecule has 34 heavy (non-hydrogen) atoms. The number of fused-ring (bicyclic) bond motifs is 1. The molecule has 0 spiro atoms. The van der Waals surface area contributed by atoms with E-state index in [1.165, 1.54) is 32.4 Å². The lowest BCUT2D eigenvalue weighted by molar-refractivity contribution is 0.205. The minimum Gasteiger partial charge on any atom is -0.494 e. The molecule has 0 aliphatic carbocycles. The molecular weight excluding hydrogens is 424 g/mol. The van der Waals surface area contributed by atoms with E-state index in [0.29, 0.717) is 5.82 Å². The monoisotopic (exact) mass is 458 g/mol. The summed E-state index contributed by atoms with van der Waals surface area (Å²) in [6, 6.07) is 14.4. The highest BCUT2D eigenvalue weighted by Gasteiger charge is 2.20. The zero-order valence-corrected chi connectivity index (χ0v) is 20.4. The van der Waals surface area contributed by atoms with E-state index in [1.54, 1.807) is 0 Å². The van der Waals surface area contributed by atoms with Gasteiger partial charge in [0.25, 0.3) is 0 Å². The number of hydrogen-bond acceptors (Lipinski definition) is 5. The minimum atomic E-state index is -0.0790. The standard InChI is InChI=1S/C27H34N6O/c1-27(2,3)26-28-25(31-32-26)20-11-12-23-22(18-20)24(30-29-23)19-9-7-10-21(17-19)34-16-8-15-33-13-5-4-6-14-33/h7,9-12,17-18H,4-6,8,13-16H2,1-3H3,(H,29,30)(H,28,31,32). The zero-order chi connectivity index (χ0) is 23.5. The summed E-state index contributed by atoms with van der Waals surface area (Å²) >= 11 is 0. The SMILES string of the molecule is CC(C)(C)c1nc(-c2ccc3[nH]nc(-c4cccc(OCCCN5CCCCC5)c4)c3c2)n[nH]1. The second kappa shape index (κ2) is 9.58. The Bertz CT molecular complexity index is 1250. The van der Waals surface area contributed by atoms with Gasteiger partial charge in [-0.2, -0.15) is 10.2 Å². The van der Waals surface area contributed by atoms with E-state index in [4.69, 9.17) is 9.72 Å². The summed E-state index contributed by atoms with van der Waals surface area (Å²) < 4.78 is 6.09. The van der Waals surface area contributed by atoms with E-state index >= 15 is 0 Å². The van der Waals surface area contributed by atoms with Crippen molar-refractivity contribution >= 4 is 10.9 Å². The Morgan fingerprint density at radius 3 is 2.59 bits per heavy atom. The summed E-state index contributed by atoms with van der Waals surface area (Å²) in [5, 5.41) is 16.3. The summed E-state index contributed by atoms with van der Waals surface area (Å²) in [5.74, 6) is 2.46. The predicted octanol–water partition coefficient (Wildman–Crippen LogP) is 5.57. The van der Waals surface area contributed by atoms with Crippen molar-refractivity contribution < 1.29 is 4.74 Å². The molecule has 1 fully saturated rings. The van der Waals surface area contributed by atoms with Crippen LogP contribution in [0.4, 0.5) is 0 Å². The fourth-order valence-corrected chi connectivity index (χ4v) is 4.49. The van der Waals surface area contributed by atoms with Crippen LogP contribution >= 0.6 is 0 Å². The first kappa shape index (κ1) is 22.6. The highest BCUT2D eigenvalue weighted by molar-refractivity contribution is 5.95. The minimum absolute atomic E-state index is 0.0790. The molecule has 178 valence electrons. The fourth-order valence-electron chi connectivity index (χ4n) is 4.49. The molecule has 2 N–H and O–H groups in total. The van der Waals surface area contributed by atoms with Gasteiger partial charge < -0.3 is 9.64 Å². The van der Waals surface area contributed by atoms with Crippen LogP contribution in [-0.4, -0.2) is 56.5 Å². The number of hydrogen-bond donors (Lipinski definition) is 2. The number of ether oxygens (including phenoxy) is 1. The molecule has 4 aromatic rings. The maximum absolute atomic E-state index is 6.09. The molecule has 0 unspecified atom stereocenters. The molecule has 0 radical (unpaired) electrons. The quantitative estimate of drug-likeness (QED) is 0.354. The second-order valence-corrected chi connectivity index (χ2v) is 10.2. The summed E-state index contributed by atoms with van der Waals surface area (Å²) in [6.45, 7) is 10.7. The van der Waals surface area contributed by atoms with Crippen LogP contribution in [0.2, 0.25) is 0 Å². The summed E-state index contributed by atoms with van der Waals surface area (Å²) in [7, 11) is 0. The van der Waals surface area contributed by atoms with E-state index in [2.05, 4.69) is 64.3 Å². The van der Waals surface area contributed by atoms with Crippen molar-refractivity contribution in [3.05, 3.63) is 48.3 Å². The molecule has 1 saturated heterocycles. The molecule has 1 aliphatic rings. The molecule has 0 bridgehead atoms. The van der Waals surface area contributed by atoms with Crippen molar-refractivity contribution in [1.82, 2.24) is 30.3 Å². The number of benzene rings is 2. The Morgan fingerprint density at radius 2 is 1.79 bits per heavy atom. The van der Waals surface area contributed by atoms with Crippen LogP contribution in [0.1, 0.15) is 52.3 Å². The lowest BCUT2D eigenvalue weighted by Gasteiger charge is -2.26. The van der Waals surface area contributed by atoms with Crippen LogP contribution in [0.5, 0.6) is 5.75 Å². The lowest BCUT2D eigenvalue weighted by Crippen LogP contribution is -2.31. The van der Waals surface area contributed by atoms with E-state index in [9.17, 15) is 0 Å². The molecule has 5 rings (SSSR count). The number of piperidine rings is 1. The van der Waals surface area contributed by atoms with Gasteiger partial charge >= 0.3 is 0 Å². The van der Waals surface area contributed by atoms with Crippen LogP contribution in [0.3, 0.4) is 0 Å². The average molecular weight is 459 g/mol. The number of rotatable bonds is 7. The van der Waals surface area contributed by atoms with Gasteiger partial charge in [-0.1, -0.05) is 39.3 Å². The van der Waals surface area contributed by atoms with Crippen LogP contribution in [-0.2, 0) is 5.41 Å². The van der Waals surface area contributed by atoms with E-state index in [1.807, 2.05) is 24.3 Å². The largest absolute Gasteiger partial charge is 0.494 e. The Kier molecular flexibility index (Phi) is 6.37. The van der Waals surface area contributed by atoms with Crippen molar-refractivity contribution in [2.75, 3.05) is 26.2 Å². The third-order valence-corrected chi connectivity index (χ3v) is 6.46. The molecule has 0 atom stereocenters. The van der Waals surface area contributed by atoms with Gasteiger partial charge in [-0.05, 0) is 62.7 Å². The normalized spacial score (nSPS) is 15.1. The van der Waals surface area contributed by atoms with Crippen LogP contribution < -0.4 is 4.74 Å². The number of aromatic amines is 2. The summed E-state index contributed by atoms with van der Waals surface area (Å²) in [6.07, 6.45) is 5.08. The number of likely N-dealkylation sites (tertiary alicyclic amines) is 1. The highest BCUT2D eigenvalue weighted by atomic mass is 16.5. The average Bonchev–Trinajstić information content (AvgIpc) is 3.50. The van der Waals surface area contributed by atoms with Crippen molar-refractivity contribution in [1.29, 1.82) is 0 Å². The lowest BCUT2D eigenvalue weighted by atomic mass is 9.96.